The van der Waals surface area contributed by atoms with E-state index in [0.29, 0.717) is 30.3 Å². The monoisotopic (exact) mass is 474 g/mol. The lowest BCUT2D eigenvalue weighted by Gasteiger charge is -2.27. The van der Waals surface area contributed by atoms with Crippen LogP contribution in [0.25, 0.3) is 0 Å². The predicted octanol–water partition coefficient (Wildman–Crippen LogP) is 4.86. The molecule has 0 bridgehead atoms. The van der Waals surface area contributed by atoms with Crippen molar-refractivity contribution in [1.82, 2.24) is 9.80 Å². The number of carbonyl (C=O) groups is 2. The van der Waals surface area contributed by atoms with Crippen molar-refractivity contribution in [3.8, 4) is 0 Å². The number of halogens is 2. The quantitative estimate of drug-likeness (QED) is 0.421. The van der Waals surface area contributed by atoms with Crippen molar-refractivity contribution < 1.29 is 18.7 Å². The van der Waals surface area contributed by atoms with Crippen molar-refractivity contribution in [3.63, 3.8) is 0 Å². The number of ether oxygens (including phenoxy) is 1. The Morgan fingerprint density at radius 2 is 1.81 bits per heavy atom. The maximum atomic E-state index is 13.3. The van der Waals surface area contributed by atoms with Crippen LogP contribution in [0.15, 0.2) is 66.0 Å². The van der Waals surface area contributed by atoms with Crippen LogP contribution in [0.5, 0.6) is 0 Å². The Morgan fingerprint density at radius 3 is 2.47 bits per heavy atom. The summed E-state index contributed by atoms with van der Waals surface area (Å²) < 4.78 is 18.4. The SMILES string of the molecule is COCCN(CC(=O)N(Cc1ccc(F)cc1)Cc1cccs1)C(=O)c1cccc(Cl)c1. The highest BCUT2D eigenvalue weighted by molar-refractivity contribution is 7.09. The number of carbonyl (C=O) groups excluding carboxylic acids is 2. The topological polar surface area (TPSA) is 49.9 Å². The van der Waals surface area contributed by atoms with Gasteiger partial charge in [-0.2, -0.15) is 0 Å². The normalized spacial score (nSPS) is 10.7. The number of rotatable bonds is 10. The number of hydrogen-bond acceptors (Lipinski definition) is 4. The lowest BCUT2D eigenvalue weighted by atomic mass is 10.2. The minimum absolute atomic E-state index is 0.110. The molecule has 0 radical (unpaired) electrons. The van der Waals surface area contributed by atoms with Crippen LogP contribution in [0.2, 0.25) is 5.02 Å². The molecule has 0 spiro atoms. The van der Waals surface area contributed by atoms with E-state index in [1.165, 1.54) is 17.0 Å². The third-order valence-corrected chi connectivity index (χ3v) is 5.91. The van der Waals surface area contributed by atoms with E-state index in [0.717, 1.165) is 10.4 Å². The van der Waals surface area contributed by atoms with E-state index in [2.05, 4.69) is 0 Å². The number of thiophene rings is 1. The summed E-state index contributed by atoms with van der Waals surface area (Å²) in [5.74, 6) is -0.840. The molecular weight excluding hydrogens is 451 g/mol. The first-order chi connectivity index (χ1) is 15.5. The molecule has 3 aromatic rings. The minimum Gasteiger partial charge on any atom is -0.383 e. The molecule has 5 nitrogen and oxygen atoms in total. The van der Waals surface area contributed by atoms with Gasteiger partial charge in [0.15, 0.2) is 0 Å². The maximum Gasteiger partial charge on any atom is 0.254 e. The summed E-state index contributed by atoms with van der Waals surface area (Å²) in [5.41, 5.74) is 1.21. The molecule has 32 heavy (non-hydrogen) atoms. The summed E-state index contributed by atoms with van der Waals surface area (Å²) in [6.07, 6.45) is 0. The van der Waals surface area contributed by atoms with Gasteiger partial charge in [0, 0.05) is 35.7 Å². The van der Waals surface area contributed by atoms with E-state index < -0.39 is 0 Å². The molecule has 0 unspecified atom stereocenters. The van der Waals surface area contributed by atoms with Crippen LogP contribution < -0.4 is 0 Å². The second-order valence-corrected chi connectivity index (χ2v) is 8.65. The second-order valence-electron chi connectivity index (χ2n) is 7.19. The molecule has 0 aliphatic carbocycles. The van der Waals surface area contributed by atoms with Crippen LogP contribution in [-0.2, 0) is 22.6 Å². The summed E-state index contributed by atoms with van der Waals surface area (Å²) in [6, 6.07) is 16.6. The number of hydrogen-bond donors (Lipinski definition) is 0. The first kappa shape index (κ1) is 23.9. The van der Waals surface area contributed by atoms with Gasteiger partial charge in [0.05, 0.1) is 13.2 Å². The first-order valence-electron chi connectivity index (χ1n) is 10.0. The van der Waals surface area contributed by atoms with Crippen molar-refractivity contribution in [2.24, 2.45) is 0 Å². The molecule has 2 aromatic carbocycles. The van der Waals surface area contributed by atoms with Gasteiger partial charge >= 0.3 is 0 Å². The molecule has 3 rings (SSSR count). The van der Waals surface area contributed by atoms with Crippen molar-refractivity contribution in [2.75, 3.05) is 26.8 Å². The first-order valence-corrected chi connectivity index (χ1v) is 11.3. The lowest BCUT2D eigenvalue weighted by molar-refractivity contribution is -0.133. The van der Waals surface area contributed by atoms with Gasteiger partial charge in [0.2, 0.25) is 5.91 Å². The Bertz CT molecular complexity index is 1030. The molecular formula is C24H24ClFN2O3S. The van der Waals surface area contributed by atoms with Gasteiger partial charge in [0.25, 0.3) is 5.91 Å². The smallest absolute Gasteiger partial charge is 0.254 e. The van der Waals surface area contributed by atoms with E-state index in [1.807, 2.05) is 17.5 Å². The fourth-order valence-corrected chi connectivity index (χ4v) is 4.06. The van der Waals surface area contributed by atoms with Gasteiger partial charge in [-0.3, -0.25) is 9.59 Å². The number of nitrogens with zero attached hydrogens (tertiary/aromatic N) is 2. The minimum atomic E-state index is -0.331. The third kappa shape index (κ3) is 6.88. The van der Waals surface area contributed by atoms with Crippen molar-refractivity contribution in [1.29, 1.82) is 0 Å². The summed E-state index contributed by atoms with van der Waals surface area (Å²) in [5, 5.41) is 2.40. The molecule has 1 heterocycles. The van der Waals surface area contributed by atoms with Crippen LogP contribution >= 0.6 is 22.9 Å². The fourth-order valence-electron chi connectivity index (χ4n) is 3.15. The van der Waals surface area contributed by atoms with E-state index in [4.69, 9.17) is 16.3 Å². The molecule has 0 atom stereocenters. The van der Waals surface area contributed by atoms with E-state index >= 15 is 0 Å². The van der Waals surface area contributed by atoms with Gasteiger partial charge < -0.3 is 14.5 Å². The molecule has 1 aromatic heterocycles. The summed E-state index contributed by atoms with van der Waals surface area (Å²) in [4.78, 5) is 30.5. The number of amides is 2. The van der Waals surface area contributed by atoms with Crippen LogP contribution in [0.1, 0.15) is 20.8 Å². The van der Waals surface area contributed by atoms with Gasteiger partial charge in [-0.05, 0) is 47.3 Å². The van der Waals surface area contributed by atoms with Crippen LogP contribution in [-0.4, -0.2) is 48.4 Å². The molecule has 0 saturated heterocycles. The lowest BCUT2D eigenvalue weighted by Crippen LogP contribution is -2.43. The standard InChI is InChI=1S/C24H24ClFN2O3S/c1-31-12-11-27(24(30)19-4-2-5-20(25)14-19)17-23(29)28(16-22-6-3-13-32-22)15-18-7-9-21(26)10-8-18/h2-10,13-14H,11-12,15-17H2,1H3. The highest BCUT2D eigenvalue weighted by atomic mass is 35.5. The number of benzene rings is 2. The highest BCUT2D eigenvalue weighted by Crippen LogP contribution is 2.17. The Labute approximate surface area is 196 Å². The van der Waals surface area contributed by atoms with E-state index in [-0.39, 0.29) is 30.7 Å². The van der Waals surface area contributed by atoms with Gasteiger partial charge in [-0.25, -0.2) is 4.39 Å². The van der Waals surface area contributed by atoms with Crippen molar-refractivity contribution in [3.05, 3.63) is 92.9 Å². The maximum absolute atomic E-state index is 13.3. The molecule has 0 aliphatic heterocycles. The summed E-state index contributed by atoms with van der Waals surface area (Å²) in [6.45, 7) is 1.15. The molecule has 0 aliphatic rings. The molecule has 0 N–H and O–H groups in total. The van der Waals surface area contributed by atoms with Gasteiger partial charge in [0.1, 0.15) is 12.4 Å². The van der Waals surface area contributed by atoms with Crippen LogP contribution in [0.4, 0.5) is 4.39 Å². The van der Waals surface area contributed by atoms with Crippen LogP contribution in [0.3, 0.4) is 0 Å². The fraction of sp³-hybridized carbons (Fsp3) is 0.250. The molecule has 2 amide bonds. The second kappa shape index (κ2) is 11.8. The number of methoxy groups -OCH3 is 1. The van der Waals surface area contributed by atoms with Crippen LogP contribution in [0, 0.1) is 5.82 Å². The summed E-state index contributed by atoms with van der Waals surface area (Å²) in [7, 11) is 1.54. The molecule has 8 heteroatoms. The zero-order chi connectivity index (χ0) is 22.9. The Morgan fingerprint density at radius 1 is 1.03 bits per heavy atom. The van der Waals surface area contributed by atoms with Gasteiger partial charge in [-0.1, -0.05) is 35.9 Å². The Kier molecular flexibility index (Phi) is 8.79. The predicted molar refractivity (Wildman–Crippen MR) is 124 cm³/mol. The Balaban J connectivity index is 1.79. The molecule has 0 saturated carbocycles. The van der Waals surface area contributed by atoms with Crippen molar-refractivity contribution >= 4 is 34.8 Å². The zero-order valence-electron chi connectivity index (χ0n) is 17.7. The summed E-state index contributed by atoms with van der Waals surface area (Å²) >= 11 is 7.59. The third-order valence-electron chi connectivity index (χ3n) is 4.82. The average Bonchev–Trinajstić information content (AvgIpc) is 3.30. The Hall–Kier alpha value is -2.74. The highest BCUT2D eigenvalue weighted by Gasteiger charge is 2.23. The van der Waals surface area contributed by atoms with Gasteiger partial charge in [-0.15, -0.1) is 11.3 Å². The zero-order valence-corrected chi connectivity index (χ0v) is 19.2. The van der Waals surface area contributed by atoms with E-state index in [9.17, 15) is 14.0 Å². The largest absolute Gasteiger partial charge is 0.383 e. The molecule has 0 fully saturated rings. The van der Waals surface area contributed by atoms with Crippen molar-refractivity contribution in [2.45, 2.75) is 13.1 Å². The van der Waals surface area contributed by atoms with E-state index in [1.54, 1.807) is 59.7 Å². The molecule has 168 valence electrons. The average molecular weight is 475 g/mol.